The van der Waals surface area contributed by atoms with Crippen LogP contribution < -0.4 is 0 Å². The van der Waals surface area contributed by atoms with Crippen LogP contribution in [0.3, 0.4) is 0 Å². The molecule has 0 aliphatic rings. The van der Waals surface area contributed by atoms with Crippen molar-refractivity contribution in [3.63, 3.8) is 0 Å². The summed E-state index contributed by atoms with van der Waals surface area (Å²) in [6, 6.07) is 17.1. The molecule has 0 aliphatic heterocycles. The monoisotopic (exact) mass is 254 g/mol. The van der Waals surface area contributed by atoms with Gasteiger partial charge in [0.05, 0.1) is 0 Å². The van der Waals surface area contributed by atoms with Crippen LogP contribution in [0.1, 0.15) is 0 Å². The summed E-state index contributed by atoms with van der Waals surface area (Å²) >= 11 is 1.86. The fraction of sp³-hybridized carbons (Fsp3) is 0.0769. The molecule has 0 bridgehead atoms. The zero-order valence-electron chi connectivity index (χ0n) is 8.74. The summed E-state index contributed by atoms with van der Waals surface area (Å²) in [5.74, 6) is 0. The molecule has 0 spiro atoms. The molecule has 3 aromatic rings. The zero-order valence-corrected chi connectivity index (χ0v) is 9.55. The van der Waals surface area contributed by atoms with E-state index in [0.717, 1.165) is 0 Å². The van der Waals surface area contributed by atoms with Crippen LogP contribution in [0.5, 0.6) is 0 Å². The molecule has 1 aromatic heterocycles. The summed E-state index contributed by atoms with van der Waals surface area (Å²) in [5.41, 5.74) is 0. The van der Waals surface area contributed by atoms with Gasteiger partial charge < -0.3 is 0 Å². The van der Waals surface area contributed by atoms with Crippen LogP contribution in [-0.4, -0.2) is 6.68 Å². The Kier molecular flexibility index (Phi) is 3.64. The Morgan fingerprint density at radius 3 is 1.47 bits per heavy atom. The fourth-order valence-electron chi connectivity index (χ4n) is 1.67. The molecule has 2 aromatic carbocycles. The molecule has 0 aliphatic carbocycles. The molecule has 0 nitrogen and oxygen atoms in total. The number of benzene rings is 2. The number of halogens is 3. The quantitative estimate of drug-likeness (QED) is 0.515. The Balaban J connectivity index is 0.000000239. The van der Waals surface area contributed by atoms with Gasteiger partial charge in [0, 0.05) is 20.2 Å². The summed E-state index contributed by atoms with van der Waals surface area (Å²) in [4.78, 5) is 0. The summed E-state index contributed by atoms with van der Waals surface area (Å²) in [6.07, 6.45) is 0. The van der Waals surface area contributed by atoms with E-state index in [2.05, 4.69) is 48.5 Å². The summed E-state index contributed by atoms with van der Waals surface area (Å²) in [5, 5.41) is 2.76. The van der Waals surface area contributed by atoms with Gasteiger partial charge in [-0.05, 0) is 12.1 Å². The minimum atomic E-state index is -3.67. The van der Waals surface area contributed by atoms with Crippen molar-refractivity contribution in [3.05, 3.63) is 48.5 Å². The van der Waals surface area contributed by atoms with Gasteiger partial charge in [-0.15, -0.1) is 11.3 Å². The SMILES string of the molecule is FC(F)F.c1ccc2c(c1)sc1ccccc12. The third-order valence-electron chi connectivity index (χ3n) is 2.28. The Morgan fingerprint density at radius 2 is 1.06 bits per heavy atom. The molecule has 88 valence electrons. The molecule has 0 atom stereocenters. The number of hydrogen-bond donors (Lipinski definition) is 0. The third kappa shape index (κ3) is 2.77. The second-order valence-electron chi connectivity index (χ2n) is 3.34. The van der Waals surface area contributed by atoms with Gasteiger partial charge in [0.25, 0.3) is 0 Å². The predicted molar refractivity (Wildman–Crippen MR) is 66.4 cm³/mol. The fourth-order valence-corrected chi connectivity index (χ4v) is 2.78. The van der Waals surface area contributed by atoms with Gasteiger partial charge in [0.15, 0.2) is 0 Å². The molecular formula is C13H9F3S. The average Bonchev–Trinajstić information content (AvgIpc) is 2.66. The summed E-state index contributed by atoms with van der Waals surface area (Å²) in [7, 11) is 0. The Bertz CT molecular complexity index is 563. The molecule has 0 saturated heterocycles. The number of fused-ring (bicyclic) bond motifs is 3. The van der Waals surface area contributed by atoms with Crippen LogP contribution in [0, 0.1) is 0 Å². The highest BCUT2D eigenvalue weighted by Crippen LogP contribution is 2.32. The van der Waals surface area contributed by atoms with Gasteiger partial charge in [-0.1, -0.05) is 36.4 Å². The van der Waals surface area contributed by atoms with E-state index in [4.69, 9.17) is 0 Å². The molecular weight excluding hydrogens is 245 g/mol. The van der Waals surface area contributed by atoms with Crippen LogP contribution in [0.2, 0.25) is 0 Å². The third-order valence-corrected chi connectivity index (χ3v) is 3.44. The molecule has 0 fully saturated rings. The van der Waals surface area contributed by atoms with E-state index >= 15 is 0 Å². The van der Waals surface area contributed by atoms with Crippen molar-refractivity contribution in [2.24, 2.45) is 0 Å². The molecule has 0 N–H and O–H groups in total. The van der Waals surface area contributed by atoms with Gasteiger partial charge in [-0.3, -0.25) is 0 Å². The van der Waals surface area contributed by atoms with Crippen molar-refractivity contribution in [2.45, 2.75) is 6.68 Å². The van der Waals surface area contributed by atoms with Gasteiger partial charge >= 0.3 is 6.68 Å². The first kappa shape index (κ1) is 11.9. The van der Waals surface area contributed by atoms with Crippen LogP contribution >= 0.6 is 11.3 Å². The molecule has 1 heterocycles. The van der Waals surface area contributed by atoms with Crippen molar-refractivity contribution in [3.8, 4) is 0 Å². The van der Waals surface area contributed by atoms with E-state index in [-0.39, 0.29) is 0 Å². The molecule has 4 heteroatoms. The lowest BCUT2D eigenvalue weighted by Gasteiger charge is -1.88. The first-order valence-corrected chi connectivity index (χ1v) is 5.78. The van der Waals surface area contributed by atoms with Crippen molar-refractivity contribution in [2.75, 3.05) is 0 Å². The number of rotatable bonds is 0. The number of thiophene rings is 1. The maximum atomic E-state index is 9.67. The lowest BCUT2D eigenvalue weighted by atomic mass is 10.2. The molecule has 0 radical (unpaired) electrons. The summed E-state index contributed by atoms with van der Waals surface area (Å²) in [6.45, 7) is -3.67. The first-order chi connectivity index (χ1) is 8.18. The average molecular weight is 254 g/mol. The molecule has 0 amide bonds. The Hall–Kier alpha value is -1.55. The van der Waals surface area contributed by atoms with Crippen LogP contribution in [-0.2, 0) is 0 Å². The number of alkyl halides is 3. The largest absolute Gasteiger partial charge is 0.379 e. The topological polar surface area (TPSA) is 0 Å². The van der Waals surface area contributed by atoms with E-state index in [1.165, 1.54) is 20.2 Å². The highest BCUT2D eigenvalue weighted by Gasteiger charge is 2.01. The van der Waals surface area contributed by atoms with Gasteiger partial charge in [0.1, 0.15) is 0 Å². The van der Waals surface area contributed by atoms with E-state index in [9.17, 15) is 13.2 Å². The van der Waals surface area contributed by atoms with Crippen molar-refractivity contribution < 1.29 is 13.2 Å². The van der Waals surface area contributed by atoms with Crippen molar-refractivity contribution in [1.29, 1.82) is 0 Å². The minimum Gasteiger partial charge on any atom is -0.174 e. The van der Waals surface area contributed by atoms with E-state index in [1.54, 1.807) is 0 Å². The maximum absolute atomic E-state index is 9.67. The highest BCUT2D eigenvalue weighted by atomic mass is 32.1. The molecule has 3 rings (SSSR count). The second kappa shape index (κ2) is 5.19. The highest BCUT2D eigenvalue weighted by molar-refractivity contribution is 7.25. The normalized spacial score (nSPS) is 10.6. The molecule has 0 unspecified atom stereocenters. The lowest BCUT2D eigenvalue weighted by molar-refractivity contribution is 0.00819. The smallest absolute Gasteiger partial charge is 0.174 e. The standard InChI is InChI=1S/C12H8S.CHF3/c1-3-7-11-9(5-1)10-6-2-4-8-12(10)13-11;2-1(3)4/h1-8H;1H. The van der Waals surface area contributed by atoms with Gasteiger partial charge in [-0.2, -0.15) is 13.2 Å². The Morgan fingerprint density at radius 1 is 0.706 bits per heavy atom. The van der Waals surface area contributed by atoms with Crippen LogP contribution in [0.25, 0.3) is 20.2 Å². The molecule has 0 saturated carbocycles. The van der Waals surface area contributed by atoms with Crippen molar-refractivity contribution in [1.82, 2.24) is 0 Å². The first-order valence-electron chi connectivity index (χ1n) is 4.97. The Labute approximate surface area is 100 Å². The maximum Gasteiger partial charge on any atom is 0.379 e. The lowest BCUT2D eigenvalue weighted by Crippen LogP contribution is -1.65. The molecule has 17 heavy (non-hydrogen) atoms. The van der Waals surface area contributed by atoms with Crippen LogP contribution in [0.4, 0.5) is 13.2 Å². The van der Waals surface area contributed by atoms with E-state index in [1.807, 2.05) is 11.3 Å². The van der Waals surface area contributed by atoms with Crippen LogP contribution in [0.15, 0.2) is 48.5 Å². The zero-order chi connectivity index (χ0) is 12.3. The number of hydrogen-bond acceptors (Lipinski definition) is 1. The summed E-state index contributed by atoms with van der Waals surface area (Å²) < 4.78 is 31.8. The van der Waals surface area contributed by atoms with E-state index < -0.39 is 6.68 Å². The van der Waals surface area contributed by atoms with E-state index in [0.29, 0.717) is 0 Å². The predicted octanol–water partition coefficient (Wildman–Crippen LogP) is 5.23. The second-order valence-corrected chi connectivity index (χ2v) is 4.43. The van der Waals surface area contributed by atoms with Gasteiger partial charge in [-0.25, -0.2) is 0 Å². The van der Waals surface area contributed by atoms with Gasteiger partial charge in [0.2, 0.25) is 0 Å². The minimum absolute atomic E-state index is 1.38. The van der Waals surface area contributed by atoms with Crippen molar-refractivity contribution >= 4 is 31.5 Å².